The fourth-order valence-electron chi connectivity index (χ4n) is 2.31. The van der Waals surface area contributed by atoms with Crippen molar-refractivity contribution in [3.8, 4) is 0 Å². The van der Waals surface area contributed by atoms with Crippen LogP contribution in [-0.4, -0.2) is 24.1 Å². The molecule has 3 nitrogen and oxygen atoms in total. The molecule has 0 saturated carbocycles. The summed E-state index contributed by atoms with van der Waals surface area (Å²) in [6.45, 7) is 10.5. The number of aliphatic imine (C=N–C) groups is 1. The van der Waals surface area contributed by atoms with Crippen LogP contribution in [0, 0.1) is 0 Å². The van der Waals surface area contributed by atoms with Gasteiger partial charge >= 0.3 is 0 Å². The third-order valence-corrected chi connectivity index (χ3v) is 3.52. The molecule has 1 atom stereocenters. The van der Waals surface area contributed by atoms with Crippen molar-refractivity contribution < 1.29 is 0 Å². The second-order valence-corrected chi connectivity index (χ2v) is 4.79. The molecule has 1 unspecified atom stereocenters. The van der Waals surface area contributed by atoms with E-state index in [0.29, 0.717) is 6.54 Å². The lowest BCUT2D eigenvalue weighted by Crippen LogP contribution is -2.22. The van der Waals surface area contributed by atoms with E-state index in [-0.39, 0.29) is 6.04 Å². The first-order valence-corrected chi connectivity index (χ1v) is 6.77. The van der Waals surface area contributed by atoms with Gasteiger partial charge in [0.15, 0.2) is 0 Å². The van der Waals surface area contributed by atoms with Crippen molar-refractivity contribution >= 4 is 12.6 Å². The van der Waals surface area contributed by atoms with E-state index in [9.17, 15) is 0 Å². The molecule has 0 aromatic heterocycles. The van der Waals surface area contributed by atoms with Crippen molar-refractivity contribution in [2.24, 2.45) is 10.1 Å². The van der Waals surface area contributed by atoms with Crippen LogP contribution in [0.4, 0.5) is 0 Å². The highest BCUT2D eigenvalue weighted by Crippen LogP contribution is 2.33. The number of benzene rings is 1. The Morgan fingerprint density at radius 1 is 1.37 bits per heavy atom. The van der Waals surface area contributed by atoms with Crippen molar-refractivity contribution in [3.63, 3.8) is 0 Å². The maximum absolute atomic E-state index is 4.63. The molecule has 1 saturated heterocycles. The fraction of sp³-hybridized carbons (Fsp3) is 0.375. The highest BCUT2D eigenvalue weighted by atomic mass is 15.5. The Labute approximate surface area is 115 Å². The molecule has 0 amide bonds. The molecule has 1 heterocycles. The minimum Gasteiger partial charge on any atom is -0.266 e. The summed E-state index contributed by atoms with van der Waals surface area (Å²) < 4.78 is 0. The van der Waals surface area contributed by atoms with Gasteiger partial charge in [0.2, 0.25) is 0 Å². The van der Waals surface area contributed by atoms with E-state index in [1.807, 2.05) is 11.1 Å². The molecule has 100 valence electrons. The summed E-state index contributed by atoms with van der Waals surface area (Å²) >= 11 is 0. The zero-order chi connectivity index (χ0) is 13.7. The number of hydrogen-bond acceptors (Lipinski definition) is 2. The zero-order valence-corrected chi connectivity index (χ0v) is 11.5. The van der Waals surface area contributed by atoms with Gasteiger partial charge in [0.1, 0.15) is 5.84 Å². The lowest BCUT2D eigenvalue weighted by Gasteiger charge is -2.21. The Morgan fingerprint density at radius 2 is 2.11 bits per heavy atom. The van der Waals surface area contributed by atoms with Crippen molar-refractivity contribution in [1.29, 1.82) is 0 Å². The zero-order valence-electron chi connectivity index (χ0n) is 11.5. The second-order valence-electron chi connectivity index (χ2n) is 4.79. The van der Waals surface area contributed by atoms with Gasteiger partial charge in [-0.2, -0.15) is 5.10 Å². The van der Waals surface area contributed by atoms with Crippen LogP contribution in [0.1, 0.15) is 37.8 Å². The van der Waals surface area contributed by atoms with Crippen LogP contribution >= 0.6 is 0 Å². The van der Waals surface area contributed by atoms with E-state index in [4.69, 9.17) is 0 Å². The average Bonchev–Trinajstić information content (AvgIpc) is 2.88. The van der Waals surface area contributed by atoms with Gasteiger partial charge in [-0.05, 0) is 18.4 Å². The van der Waals surface area contributed by atoms with Gasteiger partial charge in [-0.3, -0.25) is 4.99 Å². The lowest BCUT2D eigenvalue weighted by molar-refractivity contribution is 0.363. The van der Waals surface area contributed by atoms with Gasteiger partial charge in [0.25, 0.3) is 0 Å². The first-order valence-electron chi connectivity index (χ1n) is 6.77. The van der Waals surface area contributed by atoms with E-state index < -0.39 is 0 Å². The summed E-state index contributed by atoms with van der Waals surface area (Å²) in [5.41, 5.74) is 2.43. The first kappa shape index (κ1) is 13.5. The SMILES string of the molecule is C=NN1/C(=N\CC(=C)CC)CCC1c1ccccc1. The molecule has 2 rings (SSSR count). The monoisotopic (exact) mass is 255 g/mol. The Kier molecular flexibility index (Phi) is 4.50. The molecule has 0 aliphatic carbocycles. The minimum absolute atomic E-state index is 0.271. The second kappa shape index (κ2) is 6.32. The van der Waals surface area contributed by atoms with E-state index in [2.05, 4.69) is 54.6 Å². The quantitative estimate of drug-likeness (QED) is 0.581. The fourth-order valence-corrected chi connectivity index (χ4v) is 2.31. The van der Waals surface area contributed by atoms with Gasteiger partial charge in [0.05, 0.1) is 12.6 Å². The van der Waals surface area contributed by atoms with Crippen molar-refractivity contribution in [2.75, 3.05) is 6.54 Å². The Bertz CT molecular complexity index is 476. The van der Waals surface area contributed by atoms with Crippen LogP contribution in [0.15, 0.2) is 52.6 Å². The first-order chi connectivity index (χ1) is 9.26. The van der Waals surface area contributed by atoms with Crippen LogP contribution in [0.25, 0.3) is 0 Å². The third kappa shape index (κ3) is 3.11. The Balaban J connectivity index is 2.14. The molecule has 1 aromatic rings. The predicted octanol–water partition coefficient (Wildman–Crippen LogP) is 3.80. The summed E-state index contributed by atoms with van der Waals surface area (Å²) in [4.78, 5) is 4.63. The standard InChI is InChI=1S/C16H21N3/c1-4-13(2)12-18-16-11-10-15(19(16)17-3)14-8-6-5-7-9-14/h5-9,15H,2-4,10-12H2,1H3/b18-16-. The Hall–Kier alpha value is -1.90. The van der Waals surface area contributed by atoms with Crippen molar-refractivity contribution in [1.82, 2.24) is 5.01 Å². The summed E-state index contributed by atoms with van der Waals surface area (Å²) in [5.74, 6) is 1.03. The molecular weight excluding hydrogens is 234 g/mol. The summed E-state index contributed by atoms with van der Waals surface area (Å²) in [6.07, 6.45) is 2.97. The topological polar surface area (TPSA) is 28.0 Å². The van der Waals surface area contributed by atoms with Crippen molar-refractivity contribution in [3.05, 3.63) is 48.0 Å². The summed E-state index contributed by atoms with van der Waals surface area (Å²) in [5, 5.41) is 6.11. The maximum atomic E-state index is 4.63. The van der Waals surface area contributed by atoms with Gasteiger partial charge in [-0.15, -0.1) is 0 Å². The molecule has 1 aliphatic heterocycles. The van der Waals surface area contributed by atoms with E-state index in [0.717, 1.165) is 30.7 Å². The maximum Gasteiger partial charge on any atom is 0.121 e. The van der Waals surface area contributed by atoms with E-state index >= 15 is 0 Å². The molecule has 3 heteroatoms. The largest absolute Gasteiger partial charge is 0.266 e. The molecule has 19 heavy (non-hydrogen) atoms. The van der Waals surface area contributed by atoms with Gasteiger partial charge in [-0.1, -0.05) is 49.4 Å². The summed E-state index contributed by atoms with van der Waals surface area (Å²) in [6, 6.07) is 10.7. The number of amidine groups is 1. The van der Waals surface area contributed by atoms with E-state index in [1.165, 1.54) is 5.56 Å². The minimum atomic E-state index is 0.271. The highest BCUT2D eigenvalue weighted by molar-refractivity contribution is 5.85. The molecule has 0 N–H and O–H groups in total. The van der Waals surface area contributed by atoms with E-state index in [1.54, 1.807) is 0 Å². The number of hydrogen-bond donors (Lipinski definition) is 0. The molecule has 1 aromatic carbocycles. The number of nitrogens with zero attached hydrogens (tertiary/aromatic N) is 3. The highest BCUT2D eigenvalue weighted by Gasteiger charge is 2.29. The van der Waals surface area contributed by atoms with Crippen LogP contribution in [0.5, 0.6) is 0 Å². The van der Waals surface area contributed by atoms with Crippen LogP contribution in [0.3, 0.4) is 0 Å². The van der Waals surface area contributed by atoms with Crippen LogP contribution < -0.4 is 0 Å². The average molecular weight is 255 g/mol. The summed E-state index contributed by atoms with van der Waals surface area (Å²) in [7, 11) is 0. The molecule has 0 radical (unpaired) electrons. The molecule has 0 bridgehead atoms. The third-order valence-electron chi connectivity index (χ3n) is 3.52. The Morgan fingerprint density at radius 3 is 2.74 bits per heavy atom. The normalized spacial score (nSPS) is 20.8. The smallest absolute Gasteiger partial charge is 0.121 e. The van der Waals surface area contributed by atoms with Crippen molar-refractivity contribution in [2.45, 2.75) is 32.2 Å². The molecule has 0 spiro atoms. The van der Waals surface area contributed by atoms with Gasteiger partial charge < -0.3 is 0 Å². The predicted molar refractivity (Wildman–Crippen MR) is 81.5 cm³/mol. The molecule has 1 aliphatic rings. The number of hydrazone groups is 1. The number of rotatable bonds is 5. The van der Waals surface area contributed by atoms with Gasteiger partial charge in [-0.25, -0.2) is 5.01 Å². The molecule has 1 fully saturated rings. The lowest BCUT2D eigenvalue weighted by atomic mass is 10.1. The molecular formula is C16H21N3. The van der Waals surface area contributed by atoms with Crippen LogP contribution in [0.2, 0.25) is 0 Å². The van der Waals surface area contributed by atoms with Crippen LogP contribution in [-0.2, 0) is 0 Å². The van der Waals surface area contributed by atoms with Gasteiger partial charge in [0, 0.05) is 13.1 Å².